The van der Waals surface area contributed by atoms with Crippen molar-refractivity contribution >= 4 is 5.97 Å². The van der Waals surface area contributed by atoms with E-state index in [-0.39, 0.29) is 48.1 Å². The minimum absolute atomic E-state index is 0.0109. The van der Waals surface area contributed by atoms with Crippen molar-refractivity contribution in [3.05, 3.63) is 34.4 Å². The van der Waals surface area contributed by atoms with Crippen LogP contribution in [-0.2, 0) is 14.9 Å². The average molecular weight is 365 g/mol. The molecular weight excluding hydrogens is 342 g/mol. The fourth-order valence-electron chi connectivity index (χ4n) is 4.19. The monoisotopic (exact) mass is 365 g/mol. The highest BCUT2D eigenvalue weighted by molar-refractivity contribution is 5.70. The molecule has 1 aliphatic carbocycles. The largest absolute Gasteiger partial charge is 0.463 e. The Labute approximate surface area is 159 Å². The Balaban J connectivity index is 2.44. The lowest BCUT2D eigenvalue weighted by Gasteiger charge is -2.42. The van der Waals surface area contributed by atoms with Crippen LogP contribution in [0.1, 0.15) is 62.3 Å². The first-order valence-corrected chi connectivity index (χ1v) is 8.90. The van der Waals surface area contributed by atoms with E-state index in [2.05, 4.69) is 26.8 Å². The third-order valence-corrected chi connectivity index (χ3v) is 6.32. The molecule has 140 valence electrons. The van der Waals surface area contributed by atoms with E-state index in [0.717, 1.165) is 18.4 Å². The van der Waals surface area contributed by atoms with Crippen molar-refractivity contribution in [1.29, 1.82) is 15.8 Å². The van der Waals surface area contributed by atoms with Gasteiger partial charge in [0, 0.05) is 6.42 Å². The van der Waals surface area contributed by atoms with Crippen molar-refractivity contribution in [2.75, 3.05) is 13.2 Å². The van der Waals surface area contributed by atoms with Crippen molar-refractivity contribution in [1.82, 2.24) is 0 Å². The number of benzene rings is 1. The van der Waals surface area contributed by atoms with Crippen LogP contribution in [0.25, 0.3) is 0 Å². The zero-order valence-electron chi connectivity index (χ0n) is 15.9. The van der Waals surface area contributed by atoms with Gasteiger partial charge in [-0.2, -0.15) is 15.8 Å². The number of aliphatic hydroxyl groups excluding tert-OH is 1. The van der Waals surface area contributed by atoms with Crippen LogP contribution in [0.2, 0.25) is 0 Å². The number of esters is 1. The first kappa shape index (κ1) is 20.4. The van der Waals surface area contributed by atoms with Gasteiger partial charge in [-0.25, -0.2) is 0 Å². The van der Waals surface area contributed by atoms with Crippen molar-refractivity contribution < 1.29 is 14.6 Å². The lowest BCUT2D eigenvalue weighted by atomic mass is 9.61. The van der Waals surface area contributed by atoms with E-state index < -0.39 is 5.41 Å². The molecule has 0 unspecified atom stereocenters. The molecule has 0 aromatic heterocycles. The van der Waals surface area contributed by atoms with Gasteiger partial charge >= 0.3 is 5.97 Å². The molecular formula is C21H23N3O3. The van der Waals surface area contributed by atoms with Gasteiger partial charge in [-0.3, -0.25) is 4.79 Å². The summed E-state index contributed by atoms with van der Waals surface area (Å²) in [6, 6.07) is 9.32. The molecule has 6 nitrogen and oxygen atoms in total. The molecule has 0 spiro atoms. The van der Waals surface area contributed by atoms with Crippen LogP contribution in [0.5, 0.6) is 0 Å². The van der Waals surface area contributed by atoms with Crippen LogP contribution in [0.4, 0.5) is 0 Å². The summed E-state index contributed by atoms with van der Waals surface area (Å²) >= 11 is 0. The maximum atomic E-state index is 12.0. The molecule has 0 bridgehead atoms. The Morgan fingerprint density at radius 1 is 1.15 bits per heavy atom. The number of nitrogens with zero attached hydrogens (tertiary/aromatic N) is 3. The van der Waals surface area contributed by atoms with Crippen LogP contribution in [-0.4, -0.2) is 24.3 Å². The minimum Gasteiger partial charge on any atom is -0.463 e. The molecule has 1 fully saturated rings. The van der Waals surface area contributed by atoms with Gasteiger partial charge in [-0.15, -0.1) is 0 Å². The topological polar surface area (TPSA) is 118 Å². The van der Waals surface area contributed by atoms with Gasteiger partial charge in [0.2, 0.25) is 0 Å². The Morgan fingerprint density at radius 3 is 2.30 bits per heavy atom. The second kappa shape index (κ2) is 7.78. The summed E-state index contributed by atoms with van der Waals surface area (Å²) in [6.45, 7) is 5.97. The predicted molar refractivity (Wildman–Crippen MR) is 97.1 cm³/mol. The van der Waals surface area contributed by atoms with E-state index in [1.165, 1.54) is 6.07 Å². The SMILES string of the molecule is CC1(C)[C@H](CC(=O)OCCO)CC[C@@]1(C)c1cc(C#N)c(C#N)cc1C#N. The van der Waals surface area contributed by atoms with Crippen molar-refractivity contribution in [3.63, 3.8) is 0 Å². The zero-order valence-corrected chi connectivity index (χ0v) is 15.9. The smallest absolute Gasteiger partial charge is 0.306 e. The maximum Gasteiger partial charge on any atom is 0.306 e. The highest BCUT2D eigenvalue weighted by Crippen LogP contribution is 2.58. The van der Waals surface area contributed by atoms with Crippen molar-refractivity contribution in [3.8, 4) is 18.2 Å². The minimum atomic E-state index is -0.431. The summed E-state index contributed by atoms with van der Waals surface area (Å²) in [7, 11) is 0. The number of rotatable bonds is 5. The Hall–Kier alpha value is -2.88. The molecule has 6 heteroatoms. The van der Waals surface area contributed by atoms with Crippen LogP contribution in [0, 0.1) is 45.3 Å². The molecule has 0 saturated heterocycles. The Kier molecular flexibility index (Phi) is 5.89. The summed E-state index contributed by atoms with van der Waals surface area (Å²) in [6.07, 6.45) is 1.78. The van der Waals surface area contributed by atoms with E-state index in [1.807, 2.05) is 12.1 Å². The van der Waals surface area contributed by atoms with Crippen molar-refractivity contribution in [2.24, 2.45) is 11.3 Å². The second-order valence-electron chi connectivity index (χ2n) is 7.72. The van der Waals surface area contributed by atoms with Crippen LogP contribution >= 0.6 is 0 Å². The molecule has 2 atom stereocenters. The van der Waals surface area contributed by atoms with E-state index in [1.54, 1.807) is 6.07 Å². The fourth-order valence-corrected chi connectivity index (χ4v) is 4.19. The third-order valence-electron chi connectivity index (χ3n) is 6.32. The number of ether oxygens (including phenoxy) is 1. The average Bonchev–Trinajstić information content (AvgIpc) is 2.89. The van der Waals surface area contributed by atoms with E-state index in [4.69, 9.17) is 9.84 Å². The van der Waals surface area contributed by atoms with Gasteiger partial charge in [0.1, 0.15) is 18.7 Å². The number of hydrogen-bond donors (Lipinski definition) is 1. The van der Waals surface area contributed by atoms with E-state index in [9.17, 15) is 20.6 Å². The molecule has 27 heavy (non-hydrogen) atoms. The highest BCUT2D eigenvalue weighted by Gasteiger charge is 2.53. The van der Waals surface area contributed by atoms with Gasteiger partial charge in [-0.05, 0) is 47.3 Å². The van der Waals surface area contributed by atoms with Gasteiger partial charge in [0.05, 0.1) is 29.4 Å². The highest BCUT2D eigenvalue weighted by atomic mass is 16.5. The van der Waals surface area contributed by atoms with Crippen LogP contribution < -0.4 is 0 Å². The summed E-state index contributed by atoms with van der Waals surface area (Å²) in [4.78, 5) is 12.0. The standard InChI is InChI=1S/C21H23N3O3/c1-20(2)17(10-19(26)27-7-6-25)4-5-21(20,3)18-9-15(12-23)14(11-22)8-16(18)13-24/h8-9,17,25H,4-7,10H2,1-3H3/t17-,21-/m0/s1. The van der Waals surface area contributed by atoms with Crippen LogP contribution in [0.3, 0.4) is 0 Å². The first-order chi connectivity index (χ1) is 12.7. The summed E-state index contributed by atoms with van der Waals surface area (Å²) in [5.74, 6) is -0.300. The summed E-state index contributed by atoms with van der Waals surface area (Å²) in [5, 5.41) is 37.0. The molecule has 1 aromatic rings. The Morgan fingerprint density at radius 2 is 1.74 bits per heavy atom. The molecule has 0 heterocycles. The summed E-state index contributed by atoms with van der Waals surface area (Å²) in [5.41, 5.74) is 0.828. The number of hydrogen-bond acceptors (Lipinski definition) is 6. The van der Waals surface area contributed by atoms with Crippen molar-refractivity contribution in [2.45, 2.75) is 45.4 Å². The molecule has 1 N–H and O–H groups in total. The van der Waals surface area contributed by atoms with Gasteiger partial charge < -0.3 is 9.84 Å². The molecule has 0 amide bonds. The maximum absolute atomic E-state index is 12.0. The molecule has 1 aromatic carbocycles. The van der Waals surface area contributed by atoms with E-state index in [0.29, 0.717) is 5.56 Å². The van der Waals surface area contributed by atoms with E-state index >= 15 is 0 Å². The van der Waals surface area contributed by atoms with Crippen LogP contribution in [0.15, 0.2) is 12.1 Å². The molecule has 0 aliphatic heterocycles. The lowest BCUT2D eigenvalue weighted by molar-refractivity contribution is -0.146. The molecule has 1 aliphatic rings. The third kappa shape index (κ3) is 3.52. The lowest BCUT2D eigenvalue weighted by Crippen LogP contribution is -2.39. The quantitative estimate of drug-likeness (QED) is 0.802. The molecule has 1 saturated carbocycles. The van der Waals surface area contributed by atoms with Gasteiger partial charge in [0.25, 0.3) is 0 Å². The fraction of sp³-hybridized carbons (Fsp3) is 0.524. The normalized spacial score (nSPS) is 23.1. The van der Waals surface area contributed by atoms with Gasteiger partial charge in [-0.1, -0.05) is 20.8 Å². The zero-order chi connectivity index (χ0) is 20.2. The second-order valence-corrected chi connectivity index (χ2v) is 7.72. The Bertz CT molecular complexity index is 870. The molecule has 0 radical (unpaired) electrons. The van der Waals surface area contributed by atoms with Gasteiger partial charge in [0.15, 0.2) is 0 Å². The number of nitriles is 3. The molecule has 2 rings (SSSR count). The first-order valence-electron chi connectivity index (χ1n) is 8.90. The summed E-state index contributed by atoms with van der Waals surface area (Å²) < 4.78 is 5.01. The number of carbonyl (C=O) groups is 1. The number of carbonyl (C=O) groups excluding carboxylic acids is 1. The number of aliphatic hydroxyl groups is 1. The predicted octanol–water partition coefficient (Wildman–Crippen LogP) is 2.92.